The summed E-state index contributed by atoms with van der Waals surface area (Å²) in [7, 11) is 4.33. The maximum Gasteiger partial charge on any atom is 0.203 e. The summed E-state index contributed by atoms with van der Waals surface area (Å²) < 4.78 is 30.5. The van der Waals surface area contributed by atoms with Crippen molar-refractivity contribution < 1.29 is 28.5 Å². The second kappa shape index (κ2) is 8.00. The van der Waals surface area contributed by atoms with Gasteiger partial charge in [-0.2, -0.15) is 0 Å². The van der Waals surface area contributed by atoms with Crippen LogP contribution >= 0.6 is 0 Å². The lowest BCUT2D eigenvalue weighted by Crippen LogP contribution is -2.06. The smallest absolute Gasteiger partial charge is 0.203 e. The molecule has 0 aliphatic rings. The van der Waals surface area contributed by atoms with Crippen LogP contribution in [0.1, 0.15) is 15.9 Å². The normalized spacial score (nSPS) is 10.4. The molecule has 0 aliphatic carbocycles. The Kier molecular flexibility index (Phi) is 5.49. The van der Waals surface area contributed by atoms with Gasteiger partial charge in [0.05, 0.1) is 26.9 Å². The number of hydrogen-bond donors (Lipinski definition) is 1. The number of ketones is 1. The third-order valence-electron chi connectivity index (χ3n) is 4.36. The Bertz CT molecular complexity index is 1000. The van der Waals surface area contributed by atoms with Crippen LogP contribution in [0.5, 0.6) is 23.0 Å². The van der Waals surface area contributed by atoms with Gasteiger partial charge in [-0.1, -0.05) is 24.3 Å². The highest BCUT2D eigenvalue weighted by Crippen LogP contribution is 2.39. The Hall–Kier alpha value is -3.54. The molecular formula is C22H19FO5. The fourth-order valence-corrected chi connectivity index (χ4v) is 2.95. The molecule has 0 unspecified atom stereocenters. The SMILES string of the molecule is COc1cc(C(=O)c2ccc(-c3ccccc3O)cc2F)cc(OC)c1OC. The molecule has 5 nitrogen and oxygen atoms in total. The van der Waals surface area contributed by atoms with Gasteiger partial charge in [0.15, 0.2) is 17.3 Å². The number of para-hydroxylation sites is 1. The van der Waals surface area contributed by atoms with Crippen molar-refractivity contribution in [2.45, 2.75) is 0 Å². The second-order valence-corrected chi connectivity index (χ2v) is 5.95. The molecule has 28 heavy (non-hydrogen) atoms. The zero-order valence-corrected chi connectivity index (χ0v) is 15.7. The third-order valence-corrected chi connectivity index (χ3v) is 4.36. The molecule has 0 aliphatic heterocycles. The average Bonchev–Trinajstić information content (AvgIpc) is 2.72. The van der Waals surface area contributed by atoms with Gasteiger partial charge in [-0.05, 0) is 35.9 Å². The van der Waals surface area contributed by atoms with Gasteiger partial charge >= 0.3 is 0 Å². The van der Waals surface area contributed by atoms with Crippen LogP contribution in [0.25, 0.3) is 11.1 Å². The lowest BCUT2D eigenvalue weighted by atomic mass is 9.98. The van der Waals surface area contributed by atoms with Crippen LogP contribution < -0.4 is 14.2 Å². The van der Waals surface area contributed by atoms with Gasteiger partial charge in [-0.3, -0.25) is 4.79 Å². The van der Waals surface area contributed by atoms with E-state index in [1.54, 1.807) is 24.3 Å². The summed E-state index contributed by atoms with van der Waals surface area (Å²) >= 11 is 0. The van der Waals surface area contributed by atoms with Crippen LogP contribution in [0.2, 0.25) is 0 Å². The molecule has 0 aromatic heterocycles. The Morgan fingerprint density at radius 2 is 1.54 bits per heavy atom. The van der Waals surface area contributed by atoms with Gasteiger partial charge in [0, 0.05) is 11.1 Å². The van der Waals surface area contributed by atoms with E-state index < -0.39 is 11.6 Å². The molecule has 0 heterocycles. The molecule has 3 rings (SSSR count). The first-order valence-corrected chi connectivity index (χ1v) is 8.42. The number of hydrogen-bond acceptors (Lipinski definition) is 5. The predicted molar refractivity (Wildman–Crippen MR) is 103 cm³/mol. The molecule has 1 N–H and O–H groups in total. The van der Waals surface area contributed by atoms with Crippen LogP contribution in [-0.2, 0) is 0 Å². The number of halogens is 1. The van der Waals surface area contributed by atoms with Crippen molar-refractivity contribution in [3.63, 3.8) is 0 Å². The van der Waals surface area contributed by atoms with Crippen LogP contribution in [0.15, 0.2) is 54.6 Å². The number of phenols is 1. The minimum absolute atomic E-state index is 0.0330. The topological polar surface area (TPSA) is 65.0 Å². The van der Waals surface area contributed by atoms with E-state index in [0.717, 1.165) is 0 Å². The number of rotatable bonds is 6. The molecule has 3 aromatic carbocycles. The first-order chi connectivity index (χ1) is 13.5. The summed E-state index contributed by atoms with van der Waals surface area (Å²) in [5.74, 6) is -0.240. The fourth-order valence-electron chi connectivity index (χ4n) is 2.95. The highest BCUT2D eigenvalue weighted by atomic mass is 19.1. The van der Waals surface area contributed by atoms with Crippen molar-refractivity contribution in [1.29, 1.82) is 0 Å². The maximum atomic E-state index is 14.7. The molecule has 0 spiro atoms. The molecule has 0 atom stereocenters. The van der Waals surface area contributed by atoms with Crippen molar-refractivity contribution in [3.05, 3.63) is 71.5 Å². The minimum Gasteiger partial charge on any atom is -0.507 e. The Morgan fingerprint density at radius 3 is 2.07 bits per heavy atom. The quantitative estimate of drug-likeness (QED) is 0.638. The molecule has 0 fully saturated rings. The fraction of sp³-hybridized carbons (Fsp3) is 0.136. The van der Waals surface area contributed by atoms with E-state index in [1.165, 1.54) is 51.7 Å². The molecule has 0 saturated carbocycles. The average molecular weight is 382 g/mol. The molecule has 144 valence electrons. The van der Waals surface area contributed by atoms with Gasteiger partial charge in [0.2, 0.25) is 5.75 Å². The van der Waals surface area contributed by atoms with Gasteiger partial charge in [-0.25, -0.2) is 4.39 Å². The van der Waals surface area contributed by atoms with Crippen molar-refractivity contribution in [2.24, 2.45) is 0 Å². The predicted octanol–water partition coefficient (Wildman–Crippen LogP) is 4.46. The van der Waals surface area contributed by atoms with E-state index in [0.29, 0.717) is 28.4 Å². The summed E-state index contributed by atoms with van der Waals surface area (Å²) in [5, 5.41) is 9.95. The summed E-state index contributed by atoms with van der Waals surface area (Å²) in [5.41, 5.74) is 1.04. The maximum absolute atomic E-state index is 14.7. The van der Waals surface area contributed by atoms with Crippen LogP contribution in [-0.4, -0.2) is 32.2 Å². The first kappa shape index (κ1) is 19.2. The lowest BCUT2D eigenvalue weighted by Gasteiger charge is -2.14. The highest BCUT2D eigenvalue weighted by Gasteiger charge is 2.20. The number of phenolic OH excluding ortho intramolecular Hbond substituents is 1. The monoisotopic (exact) mass is 382 g/mol. The zero-order chi connectivity index (χ0) is 20.3. The molecule has 0 radical (unpaired) electrons. The first-order valence-electron chi connectivity index (χ1n) is 8.42. The number of methoxy groups -OCH3 is 3. The van der Waals surface area contributed by atoms with E-state index in [2.05, 4.69) is 0 Å². The Morgan fingerprint density at radius 1 is 0.893 bits per heavy atom. The van der Waals surface area contributed by atoms with Crippen molar-refractivity contribution in [2.75, 3.05) is 21.3 Å². The zero-order valence-electron chi connectivity index (χ0n) is 15.7. The lowest BCUT2D eigenvalue weighted by molar-refractivity contribution is 0.103. The summed E-state index contributed by atoms with van der Waals surface area (Å²) in [6, 6.07) is 13.7. The van der Waals surface area contributed by atoms with Gasteiger partial charge in [0.1, 0.15) is 11.6 Å². The minimum atomic E-state index is -0.695. The van der Waals surface area contributed by atoms with E-state index in [1.807, 2.05) is 0 Å². The number of aromatic hydroxyl groups is 1. The number of carbonyl (C=O) groups is 1. The van der Waals surface area contributed by atoms with Crippen LogP contribution in [0.4, 0.5) is 4.39 Å². The molecule has 6 heteroatoms. The second-order valence-electron chi connectivity index (χ2n) is 5.95. The summed E-state index contributed by atoms with van der Waals surface area (Å²) in [6.07, 6.45) is 0. The largest absolute Gasteiger partial charge is 0.507 e. The van der Waals surface area contributed by atoms with E-state index in [-0.39, 0.29) is 16.9 Å². The van der Waals surface area contributed by atoms with Gasteiger partial charge in [-0.15, -0.1) is 0 Å². The molecule has 0 bridgehead atoms. The Balaban J connectivity index is 2.03. The van der Waals surface area contributed by atoms with Gasteiger partial charge < -0.3 is 19.3 Å². The van der Waals surface area contributed by atoms with Crippen molar-refractivity contribution >= 4 is 5.78 Å². The molecule has 0 saturated heterocycles. The van der Waals surface area contributed by atoms with Crippen molar-refractivity contribution in [3.8, 4) is 34.1 Å². The third kappa shape index (κ3) is 3.49. The Labute approximate surface area is 161 Å². The highest BCUT2D eigenvalue weighted by molar-refractivity contribution is 6.10. The molecule has 3 aromatic rings. The van der Waals surface area contributed by atoms with E-state index in [4.69, 9.17) is 14.2 Å². The number of ether oxygens (including phenoxy) is 3. The number of carbonyl (C=O) groups excluding carboxylic acids is 1. The van der Waals surface area contributed by atoms with Crippen LogP contribution in [0, 0.1) is 5.82 Å². The van der Waals surface area contributed by atoms with Gasteiger partial charge in [0.25, 0.3) is 0 Å². The standard InChI is InChI=1S/C22H19FO5/c1-26-19-11-14(12-20(27-2)22(19)28-3)21(25)16-9-8-13(10-17(16)23)15-6-4-5-7-18(15)24/h4-12,24H,1-3H3. The van der Waals surface area contributed by atoms with E-state index in [9.17, 15) is 14.3 Å². The number of benzene rings is 3. The summed E-state index contributed by atoms with van der Waals surface area (Å²) in [6.45, 7) is 0. The van der Waals surface area contributed by atoms with Crippen molar-refractivity contribution in [1.82, 2.24) is 0 Å². The molecule has 0 amide bonds. The summed E-state index contributed by atoms with van der Waals surface area (Å²) in [4.78, 5) is 12.9. The van der Waals surface area contributed by atoms with Crippen LogP contribution in [0.3, 0.4) is 0 Å². The van der Waals surface area contributed by atoms with E-state index >= 15 is 0 Å². The molecular weight excluding hydrogens is 363 g/mol.